The van der Waals surface area contributed by atoms with E-state index in [0.717, 1.165) is 16.5 Å². The third-order valence-electron chi connectivity index (χ3n) is 4.30. The molecule has 0 aliphatic heterocycles. The fourth-order valence-electron chi connectivity index (χ4n) is 2.92. The molecule has 0 spiro atoms. The van der Waals surface area contributed by atoms with Gasteiger partial charge in [0.05, 0.1) is 13.2 Å². The van der Waals surface area contributed by atoms with Crippen molar-refractivity contribution < 1.29 is 9.13 Å². The van der Waals surface area contributed by atoms with Gasteiger partial charge in [-0.3, -0.25) is 0 Å². The van der Waals surface area contributed by atoms with Crippen LogP contribution in [-0.2, 0) is 0 Å². The summed E-state index contributed by atoms with van der Waals surface area (Å²) in [6, 6.07) is 10.0. The second kappa shape index (κ2) is 6.99. The lowest BCUT2D eigenvalue weighted by atomic mass is 10.0. The number of halogens is 1. The monoisotopic (exact) mass is 364 g/mol. The highest BCUT2D eigenvalue weighted by molar-refractivity contribution is 5.96. The standard InChI is InChI=1S/C19H17FN6O/c1-11(18-23-10-24-26-18)25-19-15-7-13(12-3-5-14(20)6-4-12)8-16(27-2)17(15)21-9-22-19/h3-11H,1-2H3,(H,21,22,25)(H,23,24,26)/t11-/m1/s1. The first kappa shape index (κ1) is 16.9. The van der Waals surface area contributed by atoms with Gasteiger partial charge < -0.3 is 15.0 Å². The smallest absolute Gasteiger partial charge is 0.152 e. The van der Waals surface area contributed by atoms with Crippen molar-refractivity contribution in [1.29, 1.82) is 0 Å². The van der Waals surface area contributed by atoms with Gasteiger partial charge in [-0.2, -0.15) is 0 Å². The maximum absolute atomic E-state index is 13.3. The normalized spacial score (nSPS) is 12.1. The lowest BCUT2D eigenvalue weighted by Gasteiger charge is -2.15. The topological polar surface area (TPSA) is 88.6 Å². The molecule has 0 bridgehead atoms. The summed E-state index contributed by atoms with van der Waals surface area (Å²) >= 11 is 0. The molecular formula is C19H17FN6O. The molecule has 0 aliphatic rings. The van der Waals surface area contributed by atoms with Gasteiger partial charge in [-0.25, -0.2) is 14.4 Å². The van der Waals surface area contributed by atoms with E-state index in [4.69, 9.17) is 4.74 Å². The molecule has 0 aliphatic carbocycles. The van der Waals surface area contributed by atoms with Gasteiger partial charge >= 0.3 is 0 Å². The third-order valence-corrected chi connectivity index (χ3v) is 4.30. The van der Waals surface area contributed by atoms with Crippen LogP contribution in [0, 0.1) is 5.82 Å². The fourth-order valence-corrected chi connectivity index (χ4v) is 2.92. The quantitative estimate of drug-likeness (QED) is 0.561. The number of H-pyrrole nitrogens is 1. The molecule has 2 heterocycles. The van der Waals surface area contributed by atoms with Crippen molar-refractivity contribution >= 4 is 16.7 Å². The highest BCUT2D eigenvalue weighted by atomic mass is 19.1. The average Bonchev–Trinajstić information content (AvgIpc) is 3.23. The first-order chi connectivity index (χ1) is 13.2. The zero-order valence-electron chi connectivity index (χ0n) is 14.8. The molecule has 0 fully saturated rings. The van der Waals surface area contributed by atoms with Gasteiger partial charge in [0.1, 0.15) is 35.6 Å². The Morgan fingerprint density at radius 3 is 2.63 bits per heavy atom. The summed E-state index contributed by atoms with van der Waals surface area (Å²) < 4.78 is 18.8. The predicted molar refractivity (Wildman–Crippen MR) is 99.9 cm³/mol. The molecule has 0 amide bonds. The van der Waals surface area contributed by atoms with Crippen LogP contribution in [0.3, 0.4) is 0 Å². The second-order valence-electron chi connectivity index (χ2n) is 6.04. The summed E-state index contributed by atoms with van der Waals surface area (Å²) in [5.41, 5.74) is 2.44. The van der Waals surface area contributed by atoms with Gasteiger partial charge in [-0.05, 0) is 42.3 Å². The second-order valence-corrected chi connectivity index (χ2v) is 6.04. The number of nitrogens with zero attached hydrogens (tertiary/aromatic N) is 4. The van der Waals surface area contributed by atoms with E-state index in [9.17, 15) is 4.39 Å². The van der Waals surface area contributed by atoms with E-state index < -0.39 is 0 Å². The van der Waals surface area contributed by atoms with Crippen LogP contribution >= 0.6 is 0 Å². The van der Waals surface area contributed by atoms with Crippen LogP contribution in [0.4, 0.5) is 10.2 Å². The van der Waals surface area contributed by atoms with Crippen LogP contribution in [-0.4, -0.2) is 32.3 Å². The van der Waals surface area contributed by atoms with Crippen LogP contribution in [0.2, 0.25) is 0 Å². The molecule has 8 heteroatoms. The number of hydrogen-bond acceptors (Lipinski definition) is 6. The molecule has 0 saturated carbocycles. The van der Waals surface area contributed by atoms with Gasteiger partial charge in [0.25, 0.3) is 0 Å². The molecule has 0 radical (unpaired) electrons. The average molecular weight is 364 g/mol. The van der Waals surface area contributed by atoms with Crippen molar-refractivity contribution in [2.75, 3.05) is 12.4 Å². The number of hydrogen-bond donors (Lipinski definition) is 2. The SMILES string of the molecule is COc1cc(-c2ccc(F)cc2)cc2c(N[C@H](C)c3nnc[nH]3)ncnc12. The Hall–Kier alpha value is -3.55. The first-order valence-corrected chi connectivity index (χ1v) is 8.37. The zero-order valence-corrected chi connectivity index (χ0v) is 14.8. The molecule has 136 valence electrons. The number of nitrogens with one attached hydrogen (secondary N) is 2. The first-order valence-electron chi connectivity index (χ1n) is 8.37. The van der Waals surface area contributed by atoms with E-state index in [-0.39, 0.29) is 11.9 Å². The molecular weight excluding hydrogens is 347 g/mol. The van der Waals surface area contributed by atoms with Crippen LogP contribution in [0.5, 0.6) is 5.75 Å². The minimum atomic E-state index is -0.280. The van der Waals surface area contributed by atoms with Crippen molar-refractivity contribution in [3.05, 3.63) is 60.7 Å². The van der Waals surface area contributed by atoms with Crippen LogP contribution in [0.1, 0.15) is 18.8 Å². The molecule has 2 N–H and O–H groups in total. The molecule has 4 aromatic rings. The summed E-state index contributed by atoms with van der Waals surface area (Å²) in [7, 11) is 1.59. The van der Waals surface area contributed by atoms with Crippen molar-refractivity contribution in [1.82, 2.24) is 25.1 Å². The molecule has 7 nitrogen and oxygen atoms in total. The summed E-state index contributed by atoms with van der Waals surface area (Å²) in [6.45, 7) is 1.95. The maximum atomic E-state index is 13.3. The van der Waals surface area contributed by atoms with Crippen molar-refractivity contribution in [2.45, 2.75) is 13.0 Å². The van der Waals surface area contributed by atoms with Crippen molar-refractivity contribution in [3.63, 3.8) is 0 Å². The number of benzene rings is 2. The van der Waals surface area contributed by atoms with Gasteiger partial charge in [-0.15, -0.1) is 10.2 Å². The summed E-state index contributed by atoms with van der Waals surface area (Å²) in [5.74, 6) is 1.68. The van der Waals surface area contributed by atoms with E-state index in [1.165, 1.54) is 24.8 Å². The molecule has 2 aromatic carbocycles. The van der Waals surface area contributed by atoms with Gasteiger partial charge in [0, 0.05) is 5.39 Å². The predicted octanol–water partition coefficient (Wildman–Crippen LogP) is 3.74. The van der Waals surface area contributed by atoms with Crippen molar-refractivity contribution in [2.24, 2.45) is 0 Å². The Morgan fingerprint density at radius 2 is 1.93 bits per heavy atom. The number of ether oxygens (including phenoxy) is 1. The number of rotatable bonds is 5. The molecule has 2 aromatic heterocycles. The molecule has 0 unspecified atom stereocenters. The lowest BCUT2D eigenvalue weighted by molar-refractivity contribution is 0.419. The van der Waals surface area contributed by atoms with Crippen LogP contribution < -0.4 is 10.1 Å². The largest absolute Gasteiger partial charge is 0.494 e. The highest BCUT2D eigenvalue weighted by Gasteiger charge is 2.15. The minimum absolute atomic E-state index is 0.133. The maximum Gasteiger partial charge on any atom is 0.152 e. The van der Waals surface area contributed by atoms with Crippen LogP contribution in [0.25, 0.3) is 22.0 Å². The highest BCUT2D eigenvalue weighted by Crippen LogP contribution is 2.34. The fraction of sp³-hybridized carbons (Fsp3) is 0.158. The number of fused-ring (bicyclic) bond motifs is 1. The Labute approximate surface area is 154 Å². The Bertz CT molecular complexity index is 1070. The number of aromatic amines is 1. The van der Waals surface area contributed by atoms with E-state index >= 15 is 0 Å². The Morgan fingerprint density at radius 1 is 1.11 bits per heavy atom. The molecule has 0 saturated heterocycles. The van der Waals surface area contributed by atoms with E-state index in [0.29, 0.717) is 22.9 Å². The molecule has 27 heavy (non-hydrogen) atoms. The van der Waals surface area contributed by atoms with E-state index in [1.807, 2.05) is 19.1 Å². The minimum Gasteiger partial charge on any atom is -0.494 e. The van der Waals surface area contributed by atoms with Crippen molar-refractivity contribution in [3.8, 4) is 16.9 Å². The van der Waals surface area contributed by atoms with E-state index in [2.05, 4.69) is 30.5 Å². The Balaban J connectivity index is 1.82. The summed E-state index contributed by atoms with van der Waals surface area (Å²) in [5, 5.41) is 12.0. The van der Waals surface area contributed by atoms with Gasteiger partial charge in [-0.1, -0.05) is 12.1 Å². The number of methoxy groups -OCH3 is 1. The summed E-state index contributed by atoms with van der Waals surface area (Å²) in [6.07, 6.45) is 3.01. The van der Waals surface area contributed by atoms with Gasteiger partial charge in [0.2, 0.25) is 0 Å². The number of anilines is 1. The number of aromatic nitrogens is 5. The molecule has 4 rings (SSSR count). The molecule has 1 atom stereocenters. The summed E-state index contributed by atoms with van der Waals surface area (Å²) in [4.78, 5) is 11.7. The van der Waals surface area contributed by atoms with Crippen LogP contribution in [0.15, 0.2) is 49.1 Å². The third kappa shape index (κ3) is 3.29. The lowest BCUT2D eigenvalue weighted by Crippen LogP contribution is -2.10. The zero-order chi connectivity index (χ0) is 18.8. The van der Waals surface area contributed by atoms with Gasteiger partial charge in [0.15, 0.2) is 5.82 Å². The Kier molecular flexibility index (Phi) is 4.37. The van der Waals surface area contributed by atoms with E-state index in [1.54, 1.807) is 19.2 Å².